The Hall–Kier alpha value is -8.42. The van der Waals surface area contributed by atoms with E-state index in [0.717, 1.165) is 94.0 Å². The second kappa shape index (κ2) is 12.1. The molecule has 1 aliphatic carbocycles. The van der Waals surface area contributed by atoms with E-state index in [2.05, 4.69) is 179 Å². The molecule has 7 nitrogen and oxygen atoms in total. The van der Waals surface area contributed by atoms with Gasteiger partial charge in [-0.15, -0.1) is 0 Å². The quantitative estimate of drug-likeness (QED) is 0.178. The molecule has 13 aromatic rings. The Balaban J connectivity index is 0.936. The number of hydrogen-bond acceptors (Lipinski definition) is 5. The summed E-state index contributed by atoms with van der Waals surface area (Å²) in [4.78, 5) is 21.1. The highest BCUT2D eigenvalue weighted by atomic mass is 16.3. The molecule has 1 aliphatic rings. The summed E-state index contributed by atoms with van der Waals surface area (Å²) in [5, 5.41) is 7.82. The monoisotopic (exact) mass is 778 g/mol. The van der Waals surface area contributed by atoms with Crippen molar-refractivity contribution in [1.29, 1.82) is 0 Å². The maximum atomic E-state index is 6.15. The van der Waals surface area contributed by atoms with Crippen molar-refractivity contribution < 1.29 is 4.42 Å². The fourth-order valence-corrected chi connectivity index (χ4v) is 9.77. The van der Waals surface area contributed by atoms with Crippen LogP contribution in [-0.4, -0.2) is 29.1 Å². The van der Waals surface area contributed by atoms with Crippen molar-refractivity contribution in [2.45, 2.75) is 0 Å². The molecule has 0 bridgehead atoms. The number of fused-ring (bicyclic) bond motifs is 12. The first-order valence-electron chi connectivity index (χ1n) is 20.5. The molecule has 5 heterocycles. The van der Waals surface area contributed by atoms with Crippen LogP contribution in [0.15, 0.2) is 186 Å². The van der Waals surface area contributed by atoms with Crippen molar-refractivity contribution in [2.75, 3.05) is 0 Å². The number of para-hydroxylation sites is 4. The normalized spacial score (nSPS) is 12.3. The van der Waals surface area contributed by atoms with Gasteiger partial charge in [0.15, 0.2) is 11.5 Å². The van der Waals surface area contributed by atoms with Gasteiger partial charge in [0.2, 0.25) is 5.95 Å². The maximum absolute atomic E-state index is 6.15. The number of aromatic nitrogens is 6. The maximum Gasteiger partial charge on any atom is 0.237 e. The van der Waals surface area contributed by atoms with E-state index < -0.39 is 0 Å². The second-order valence-electron chi connectivity index (χ2n) is 15.8. The molecule has 0 N–H and O–H groups in total. The van der Waals surface area contributed by atoms with Crippen molar-refractivity contribution >= 4 is 76.6 Å². The van der Waals surface area contributed by atoms with Gasteiger partial charge < -0.3 is 8.98 Å². The minimum atomic E-state index is 0.571. The molecule has 0 fully saturated rings. The van der Waals surface area contributed by atoms with Crippen molar-refractivity contribution in [1.82, 2.24) is 29.1 Å². The molecule has 0 radical (unpaired) electrons. The van der Waals surface area contributed by atoms with Crippen LogP contribution in [0.1, 0.15) is 0 Å². The van der Waals surface area contributed by atoms with Gasteiger partial charge in [-0.1, -0.05) is 109 Å². The van der Waals surface area contributed by atoms with Crippen LogP contribution >= 0.6 is 0 Å². The SMILES string of the molecule is c1ccc2c(c1)-c1nc(-c3ccc(-n4c5ccccc5c5ccccc54)cc3)nc3nc(-n4c5ccccc5c5cc(-c6ccc7oc8ccccc8c7c6)ccc54)nc-2c13. The van der Waals surface area contributed by atoms with E-state index in [0.29, 0.717) is 17.4 Å². The number of hydrogen-bond donors (Lipinski definition) is 0. The van der Waals surface area contributed by atoms with Crippen LogP contribution in [0.5, 0.6) is 0 Å². The first-order chi connectivity index (χ1) is 30.2. The highest BCUT2D eigenvalue weighted by molar-refractivity contribution is 6.14. The number of benzene rings is 8. The lowest BCUT2D eigenvalue weighted by Gasteiger charge is -2.11. The molecule has 282 valence electrons. The molecule has 0 atom stereocenters. The summed E-state index contributed by atoms with van der Waals surface area (Å²) in [6, 6.07) is 63.9. The van der Waals surface area contributed by atoms with Gasteiger partial charge in [0.1, 0.15) is 11.2 Å². The summed E-state index contributed by atoms with van der Waals surface area (Å²) < 4.78 is 10.7. The van der Waals surface area contributed by atoms with E-state index in [1.165, 1.54) is 21.8 Å². The average Bonchev–Trinajstić information content (AvgIpc) is 4.06. The number of nitrogens with zero attached hydrogens (tertiary/aromatic N) is 6. The van der Waals surface area contributed by atoms with Crippen molar-refractivity contribution in [3.8, 4) is 56.7 Å². The molecule has 0 saturated carbocycles. The van der Waals surface area contributed by atoms with E-state index in [9.17, 15) is 0 Å². The van der Waals surface area contributed by atoms with E-state index in [-0.39, 0.29) is 0 Å². The third-order valence-electron chi connectivity index (χ3n) is 12.5. The molecule has 0 unspecified atom stereocenters. The molecule has 61 heavy (non-hydrogen) atoms. The van der Waals surface area contributed by atoms with Gasteiger partial charge in [-0.3, -0.25) is 4.57 Å². The van der Waals surface area contributed by atoms with E-state index in [4.69, 9.17) is 24.4 Å². The lowest BCUT2D eigenvalue weighted by atomic mass is 10.0. The first-order valence-corrected chi connectivity index (χ1v) is 20.5. The smallest absolute Gasteiger partial charge is 0.237 e. The van der Waals surface area contributed by atoms with Crippen LogP contribution in [-0.2, 0) is 0 Å². The predicted molar refractivity (Wildman–Crippen MR) is 246 cm³/mol. The van der Waals surface area contributed by atoms with Gasteiger partial charge in [0.25, 0.3) is 0 Å². The fraction of sp³-hybridized carbons (Fsp3) is 0. The highest BCUT2D eigenvalue weighted by Crippen LogP contribution is 2.46. The largest absolute Gasteiger partial charge is 0.456 e. The van der Waals surface area contributed by atoms with E-state index >= 15 is 0 Å². The van der Waals surface area contributed by atoms with Crippen LogP contribution in [0.4, 0.5) is 0 Å². The first kappa shape index (κ1) is 32.5. The van der Waals surface area contributed by atoms with Crippen molar-refractivity contribution in [2.24, 2.45) is 0 Å². The minimum absolute atomic E-state index is 0.571. The summed E-state index contributed by atoms with van der Waals surface area (Å²) in [5.74, 6) is 1.19. The summed E-state index contributed by atoms with van der Waals surface area (Å²) in [6.07, 6.45) is 0. The summed E-state index contributed by atoms with van der Waals surface area (Å²) in [6.45, 7) is 0. The highest BCUT2D eigenvalue weighted by Gasteiger charge is 2.29. The number of rotatable bonds is 4. The molecular formula is C54H30N6O. The van der Waals surface area contributed by atoms with Gasteiger partial charge in [-0.2, -0.15) is 4.98 Å². The van der Waals surface area contributed by atoms with Crippen molar-refractivity contribution in [3.63, 3.8) is 0 Å². The van der Waals surface area contributed by atoms with Gasteiger partial charge >= 0.3 is 0 Å². The second-order valence-corrected chi connectivity index (χ2v) is 15.8. The summed E-state index contributed by atoms with van der Waals surface area (Å²) in [5.41, 5.74) is 14.8. The molecule has 8 aromatic carbocycles. The fourth-order valence-electron chi connectivity index (χ4n) is 9.77. The van der Waals surface area contributed by atoms with Crippen LogP contribution in [0.3, 0.4) is 0 Å². The third-order valence-corrected chi connectivity index (χ3v) is 12.5. The predicted octanol–water partition coefficient (Wildman–Crippen LogP) is 13.5. The molecule has 7 heteroatoms. The Bertz CT molecular complexity index is 3950. The average molecular weight is 779 g/mol. The van der Waals surface area contributed by atoms with Crippen LogP contribution in [0.25, 0.3) is 133 Å². The van der Waals surface area contributed by atoms with Gasteiger partial charge in [0.05, 0.1) is 38.8 Å². The number of furan rings is 1. The van der Waals surface area contributed by atoms with E-state index in [1.54, 1.807) is 0 Å². The summed E-state index contributed by atoms with van der Waals surface area (Å²) in [7, 11) is 0. The summed E-state index contributed by atoms with van der Waals surface area (Å²) >= 11 is 0. The Morgan fingerprint density at radius 3 is 1.61 bits per heavy atom. The third kappa shape index (κ3) is 4.57. The molecule has 0 aliphatic heterocycles. The molecule has 0 spiro atoms. The Morgan fingerprint density at radius 2 is 0.885 bits per heavy atom. The van der Waals surface area contributed by atoms with Gasteiger partial charge in [0, 0.05) is 54.7 Å². The molecule has 5 aromatic heterocycles. The molecule has 0 saturated heterocycles. The zero-order valence-corrected chi connectivity index (χ0v) is 32.4. The Kier molecular flexibility index (Phi) is 6.43. The molecular weight excluding hydrogens is 749 g/mol. The minimum Gasteiger partial charge on any atom is -0.456 e. The van der Waals surface area contributed by atoms with Crippen LogP contribution in [0.2, 0.25) is 0 Å². The zero-order chi connectivity index (χ0) is 39.8. The standard InChI is InChI=1S/C54H30N6O/c1-2-16-40-39(15-1)50-49-51(40)56-54(58-53(49)57-52(55-50)31-21-25-34(26-22-31)59-43-17-7-3-11-35(43)36-12-4-8-18-44(36)59)60-45-19-9-5-13-37(45)41-29-32(23-27-46(41)60)33-24-28-48-42(30-33)38-14-6-10-20-47(38)61-48/h1-30H. The lowest BCUT2D eigenvalue weighted by molar-refractivity contribution is 0.669. The lowest BCUT2D eigenvalue weighted by Crippen LogP contribution is -2.04. The molecule has 0 amide bonds. The molecule has 14 rings (SSSR count). The van der Waals surface area contributed by atoms with E-state index in [1.807, 2.05) is 12.1 Å². The zero-order valence-electron chi connectivity index (χ0n) is 32.4. The Labute approximate surface area is 347 Å². The van der Waals surface area contributed by atoms with Crippen LogP contribution in [0, 0.1) is 0 Å². The van der Waals surface area contributed by atoms with Crippen LogP contribution < -0.4 is 0 Å². The van der Waals surface area contributed by atoms with Gasteiger partial charge in [-0.05, 0) is 83.9 Å². The Morgan fingerprint density at radius 1 is 0.361 bits per heavy atom. The van der Waals surface area contributed by atoms with Crippen molar-refractivity contribution in [3.05, 3.63) is 182 Å². The van der Waals surface area contributed by atoms with Gasteiger partial charge in [-0.25, -0.2) is 15.0 Å². The topological polar surface area (TPSA) is 74.6 Å².